The highest BCUT2D eigenvalue weighted by Gasteiger charge is 2.15. The highest BCUT2D eigenvalue weighted by Crippen LogP contribution is 2.00. The van der Waals surface area contributed by atoms with Gasteiger partial charge in [-0.05, 0) is 20.8 Å². The zero-order chi connectivity index (χ0) is 15.2. The highest BCUT2D eigenvalue weighted by molar-refractivity contribution is 5.71. The second kappa shape index (κ2) is 12.8. The predicted molar refractivity (Wildman–Crippen MR) is 66.5 cm³/mol. The maximum atomic E-state index is 11.1. The van der Waals surface area contributed by atoms with Crippen molar-refractivity contribution in [3.05, 3.63) is 0 Å². The largest absolute Gasteiger partial charge is 0.464 e. The summed E-state index contributed by atoms with van der Waals surface area (Å²) in [5, 5.41) is 0. The minimum atomic E-state index is -1.21. The van der Waals surface area contributed by atoms with Gasteiger partial charge in [0.2, 0.25) is 0 Å². The molecule has 0 fully saturated rings. The molecular weight excluding hydrogens is 272 g/mol. The van der Waals surface area contributed by atoms with E-state index in [4.69, 9.17) is 18.9 Å². The minimum Gasteiger partial charge on any atom is -0.464 e. The summed E-state index contributed by atoms with van der Waals surface area (Å²) < 4.78 is 29.4. The Bertz CT molecular complexity index is 246. The van der Waals surface area contributed by atoms with Crippen LogP contribution in [0.1, 0.15) is 20.8 Å². The van der Waals surface area contributed by atoms with Crippen molar-refractivity contribution < 1.29 is 38.0 Å². The number of hydrogen-bond donors (Lipinski definition) is 0. The van der Waals surface area contributed by atoms with Crippen molar-refractivity contribution in [2.45, 2.75) is 27.2 Å². The van der Waals surface area contributed by atoms with Crippen LogP contribution >= 0.6 is 0 Å². The van der Waals surface area contributed by atoms with Crippen LogP contribution in [0.4, 0.5) is 0 Å². The third-order valence-electron chi connectivity index (χ3n) is 1.78. The molecule has 0 saturated carbocycles. The number of carbonyl (C=O) groups excluding carboxylic acids is 2. The standard InChI is InChI=1S/C12H22O8/c1-4-15-9-20-12(18-7-10(13)16-5-2)19-8-11(14)17-6-3/h12H,4-9H2,1-3H3. The SMILES string of the molecule is CCOCOC(OCC(=O)OCC)OCC(=O)OCC. The third kappa shape index (κ3) is 10.7. The molecule has 0 spiro atoms. The van der Waals surface area contributed by atoms with Crippen LogP contribution in [0.3, 0.4) is 0 Å². The Labute approximate surface area is 118 Å². The molecule has 8 nitrogen and oxygen atoms in total. The van der Waals surface area contributed by atoms with Crippen LogP contribution in [0.5, 0.6) is 0 Å². The van der Waals surface area contributed by atoms with Gasteiger partial charge in [-0.1, -0.05) is 0 Å². The summed E-state index contributed by atoms with van der Waals surface area (Å²) in [5.41, 5.74) is 0. The van der Waals surface area contributed by atoms with Crippen LogP contribution in [0.25, 0.3) is 0 Å². The molecule has 0 amide bonds. The molecule has 0 aliphatic carbocycles. The van der Waals surface area contributed by atoms with Crippen molar-refractivity contribution in [3.63, 3.8) is 0 Å². The molecule has 8 heteroatoms. The number of rotatable bonds is 12. The molecule has 0 heterocycles. The summed E-state index contributed by atoms with van der Waals surface area (Å²) in [6, 6.07) is 0. The van der Waals surface area contributed by atoms with Crippen LogP contribution in [-0.2, 0) is 38.0 Å². The van der Waals surface area contributed by atoms with E-state index in [1.807, 2.05) is 0 Å². The van der Waals surface area contributed by atoms with Gasteiger partial charge in [0.15, 0.2) is 6.79 Å². The van der Waals surface area contributed by atoms with Gasteiger partial charge in [0, 0.05) is 6.61 Å². The normalized spacial score (nSPS) is 10.6. The molecule has 0 aromatic rings. The average molecular weight is 294 g/mol. The van der Waals surface area contributed by atoms with Crippen molar-refractivity contribution in [3.8, 4) is 0 Å². The molecule has 0 saturated heterocycles. The summed E-state index contributed by atoms with van der Waals surface area (Å²) in [6.07, 6.45) is 0. The van der Waals surface area contributed by atoms with Gasteiger partial charge in [0.1, 0.15) is 13.2 Å². The van der Waals surface area contributed by atoms with Gasteiger partial charge in [-0.15, -0.1) is 0 Å². The maximum absolute atomic E-state index is 11.1. The summed E-state index contributed by atoms with van der Waals surface area (Å²) in [4.78, 5) is 22.3. The van der Waals surface area contributed by atoms with Crippen molar-refractivity contribution >= 4 is 11.9 Å². The lowest BCUT2D eigenvalue weighted by atomic mass is 10.7. The van der Waals surface area contributed by atoms with E-state index >= 15 is 0 Å². The Hall–Kier alpha value is -1.22. The van der Waals surface area contributed by atoms with Crippen molar-refractivity contribution in [2.75, 3.05) is 39.8 Å². The van der Waals surface area contributed by atoms with E-state index in [0.29, 0.717) is 6.61 Å². The first kappa shape index (κ1) is 18.8. The van der Waals surface area contributed by atoms with Crippen LogP contribution in [0.2, 0.25) is 0 Å². The van der Waals surface area contributed by atoms with Gasteiger partial charge < -0.3 is 28.4 Å². The van der Waals surface area contributed by atoms with Crippen LogP contribution in [-0.4, -0.2) is 58.2 Å². The van der Waals surface area contributed by atoms with Gasteiger partial charge in [0.25, 0.3) is 6.48 Å². The maximum Gasteiger partial charge on any atom is 0.332 e. The quantitative estimate of drug-likeness (QED) is 0.291. The molecule has 0 aliphatic heterocycles. The summed E-state index contributed by atoms with van der Waals surface area (Å²) in [7, 11) is 0. The molecule has 0 unspecified atom stereocenters. The van der Waals surface area contributed by atoms with E-state index in [2.05, 4.69) is 9.47 Å². The number of carbonyl (C=O) groups is 2. The van der Waals surface area contributed by atoms with Crippen LogP contribution in [0.15, 0.2) is 0 Å². The third-order valence-corrected chi connectivity index (χ3v) is 1.78. The summed E-state index contributed by atoms with van der Waals surface area (Å²) >= 11 is 0. The van der Waals surface area contributed by atoms with Gasteiger partial charge in [-0.2, -0.15) is 0 Å². The van der Waals surface area contributed by atoms with Crippen molar-refractivity contribution in [1.29, 1.82) is 0 Å². The van der Waals surface area contributed by atoms with Crippen LogP contribution in [0, 0.1) is 0 Å². The lowest BCUT2D eigenvalue weighted by Gasteiger charge is -2.17. The average Bonchev–Trinajstić information content (AvgIpc) is 2.42. The molecule has 0 N–H and O–H groups in total. The van der Waals surface area contributed by atoms with Gasteiger partial charge in [-0.3, -0.25) is 0 Å². The lowest BCUT2D eigenvalue weighted by Crippen LogP contribution is -2.29. The Morgan fingerprint density at radius 2 is 1.30 bits per heavy atom. The fourth-order valence-electron chi connectivity index (χ4n) is 1.01. The van der Waals surface area contributed by atoms with Crippen LogP contribution < -0.4 is 0 Å². The van der Waals surface area contributed by atoms with E-state index in [9.17, 15) is 9.59 Å². The Morgan fingerprint density at radius 3 is 1.70 bits per heavy atom. The zero-order valence-corrected chi connectivity index (χ0v) is 12.1. The molecular formula is C12H22O8. The zero-order valence-electron chi connectivity index (χ0n) is 12.1. The van der Waals surface area contributed by atoms with E-state index in [1.54, 1.807) is 20.8 Å². The molecule has 0 aromatic carbocycles. The van der Waals surface area contributed by atoms with E-state index < -0.39 is 18.4 Å². The number of ether oxygens (including phenoxy) is 6. The first-order chi connectivity index (χ1) is 9.63. The predicted octanol–water partition coefficient (Wildman–Crippen LogP) is 0.440. The van der Waals surface area contributed by atoms with Gasteiger partial charge in [0.05, 0.1) is 13.2 Å². The molecule has 0 atom stereocenters. The first-order valence-electron chi connectivity index (χ1n) is 6.37. The molecule has 0 bridgehead atoms. The fourth-order valence-corrected chi connectivity index (χ4v) is 1.01. The Balaban J connectivity index is 4.05. The van der Waals surface area contributed by atoms with Gasteiger partial charge in [-0.25, -0.2) is 9.59 Å². The van der Waals surface area contributed by atoms with Gasteiger partial charge >= 0.3 is 11.9 Å². The molecule has 0 rings (SSSR count). The summed E-state index contributed by atoms with van der Waals surface area (Å²) in [5.74, 6) is -1.12. The summed E-state index contributed by atoms with van der Waals surface area (Å²) in [6.45, 7) is 4.08. The minimum absolute atomic E-state index is 0.0905. The molecule has 0 aliphatic rings. The number of esters is 2. The second-order valence-electron chi connectivity index (χ2n) is 3.30. The monoisotopic (exact) mass is 294 g/mol. The van der Waals surface area contributed by atoms with Crippen molar-refractivity contribution in [1.82, 2.24) is 0 Å². The van der Waals surface area contributed by atoms with Crippen molar-refractivity contribution in [2.24, 2.45) is 0 Å². The Kier molecular flexibility index (Phi) is 12.0. The van der Waals surface area contributed by atoms with E-state index in [1.165, 1.54) is 0 Å². The Morgan fingerprint density at radius 1 is 0.800 bits per heavy atom. The first-order valence-corrected chi connectivity index (χ1v) is 6.37. The highest BCUT2D eigenvalue weighted by atomic mass is 16.9. The second-order valence-corrected chi connectivity index (χ2v) is 3.30. The smallest absolute Gasteiger partial charge is 0.332 e. The number of hydrogen-bond acceptors (Lipinski definition) is 8. The van der Waals surface area contributed by atoms with E-state index in [0.717, 1.165) is 0 Å². The molecule has 0 radical (unpaired) electrons. The molecule has 0 aromatic heterocycles. The molecule has 118 valence electrons. The fraction of sp³-hybridized carbons (Fsp3) is 0.833. The van der Waals surface area contributed by atoms with E-state index in [-0.39, 0.29) is 33.2 Å². The molecule has 20 heavy (non-hydrogen) atoms. The lowest BCUT2D eigenvalue weighted by molar-refractivity contribution is -0.310. The topological polar surface area (TPSA) is 89.5 Å².